The molecule has 20 heavy (non-hydrogen) atoms. The van der Waals surface area contributed by atoms with E-state index in [1.54, 1.807) is 0 Å². The van der Waals surface area contributed by atoms with Crippen molar-refractivity contribution in [2.24, 2.45) is 0 Å². The lowest BCUT2D eigenvalue weighted by Crippen LogP contribution is -2.57. The Balaban J connectivity index is 2.95. The fourth-order valence-corrected chi connectivity index (χ4v) is 2.11. The Kier molecular flexibility index (Phi) is 6.37. The van der Waals surface area contributed by atoms with Crippen LogP contribution in [0.5, 0.6) is 0 Å². The quantitative estimate of drug-likeness (QED) is 0.530. The number of hydrogen-bond donors (Lipinski definition) is 0. The van der Waals surface area contributed by atoms with Crippen LogP contribution in [0.4, 0.5) is 0 Å². The lowest BCUT2D eigenvalue weighted by Gasteiger charge is -2.39. The highest BCUT2D eigenvalue weighted by Crippen LogP contribution is 2.26. The predicted molar refractivity (Wildman–Crippen MR) is 66.4 cm³/mol. The Morgan fingerprint density at radius 2 is 1.45 bits per heavy atom. The van der Waals surface area contributed by atoms with E-state index in [-0.39, 0.29) is 6.61 Å². The van der Waals surface area contributed by atoms with Crippen LogP contribution >= 0.6 is 16.3 Å². The second-order valence-electron chi connectivity index (χ2n) is 4.09. The number of carbonyl (C=O) groups excluding carboxylic acids is 3. The summed E-state index contributed by atoms with van der Waals surface area (Å²) in [5, 5.41) is 0. The molecule has 0 aliphatic carbocycles. The largest absolute Gasteiger partial charge is 0.456 e. The molecule has 0 radical (unpaired) electrons. The second kappa shape index (κ2) is 7.55. The van der Waals surface area contributed by atoms with E-state index in [1.807, 2.05) is 0 Å². The maximum absolute atomic E-state index is 11.2. The fraction of sp³-hybridized carbons (Fsp3) is 0.727. The summed E-state index contributed by atoms with van der Waals surface area (Å²) in [7, 11) is 0. The highest BCUT2D eigenvalue weighted by atomic mass is 79.9. The number of hydrogen-bond acceptors (Lipinski definition) is 8. The van der Waals surface area contributed by atoms with Gasteiger partial charge in [0.15, 0.2) is 18.3 Å². The van der Waals surface area contributed by atoms with E-state index in [9.17, 15) is 14.4 Å². The summed E-state index contributed by atoms with van der Waals surface area (Å²) in [6.45, 7) is 3.52. The second-order valence-corrected chi connectivity index (χ2v) is 4.46. The first-order valence-corrected chi connectivity index (χ1v) is 6.40. The van der Waals surface area contributed by atoms with Crippen LogP contribution in [0.25, 0.3) is 0 Å². The molecule has 0 amide bonds. The van der Waals surface area contributed by atoms with E-state index in [0.717, 1.165) is 0 Å². The maximum atomic E-state index is 11.2. The molecule has 1 rings (SSSR count). The van der Waals surface area contributed by atoms with Crippen LogP contribution in [0.2, 0.25) is 0 Å². The Morgan fingerprint density at radius 3 is 1.90 bits per heavy atom. The fourth-order valence-electron chi connectivity index (χ4n) is 1.79. The van der Waals surface area contributed by atoms with Crippen molar-refractivity contribution in [1.82, 2.24) is 0 Å². The summed E-state index contributed by atoms with van der Waals surface area (Å²) in [6.07, 6.45) is -3.96. The molecule has 0 saturated carbocycles. The zero-order chi connectivity index (χ0) is 15.3. The molecule has 0 aromatic carbocycles. The minimum atomic E-state index is -1.06. The molecule has 0 aromatic rings. The summed E-state index contributed by atoms with van der Waals surface area (Å²) in [6, 6.07) is 0. The molecule has 1 aliphatic rings. The topological polar surface area (TPSA) is 97.4 Å². The van der Waals surface area contributed by atoms with Gasteiger partial charge in [-0.2, -0.15) is 0 Å². The number of esters is 3. The summed E-state index contributed by atoms with van der Waals surface area (Å²) in [5.74, 6) is -1.80. The summed E-state index contributed by atoms with van der Waals surface area (Å²) >= 11 is 2.74. The van der Waals surface area contributed by atoms with Crippen molar-refractivity contribution in [1.29, 1.82) is 0 Å². The molecule has 0 unspecified atom stereocenters. The molecule has 114 valence electrons. The molecule has 8 nitrogen and oxygen atoms in total. The van der Waals surface area contributed by atoms with Gasteiger partial charge in [-0.05, 0) is 0 Å². The van der Waals surface area contributed by atoms with Crippen molar-refractivity contribution in [3.63, 3.8) is 0 Å². The predicted octanol–water partition coefficient (Wildman–Crippen LogP) is 0.464. The first-order chi connectivity index (χ1) is 9.35. The van der Waals surface area contributed by atoms with Gasteiger partial charge in [0.1, 0.15) is 16.3 Å². The Hall–Kier alpha value is -1.19. The minimum absolute atomic E-state index is 0.0639. The van der Waals surface area contributed by atoms with Crippen LogP contribution in [0.3, 0.4) is 0 Å². The Morgan fingerprint density at radius 1 is 0.950 bits per heavy atom. The van der Waals surface area contributed by atoms with Gasteiger partial charge in [-0.15, -0.1) is 0 Å². The van der Waals surface area contributed by atoms with Crippen LogP contribution < -0.4 is 0 Å². The third-order valence-electron chi connectivity index (χ3n) is 2.39. The first kappa shape index (κ1) is 16.9. The van der Waals surface area contributed by atoms with E-state index in [4.69, 9.17) is 22.8 Å². The molecule has 1 heterocycles. The van der Waals surface area contributed by atoms with Crippen LogP contribution in [-0.2, 0) is 37.2 Å². The lowest BCUT2D eigenvalue weighted by molar-refractivity contribution is -0.255. The monoisotopic (exact) mass is 354 g/mol. The first-order valence-electron chi connectivity index (χ1n) is 5.75. The van der Waals surface area contributed by atoms with Crippen molar-refractivity contribution >= 4 is 34.2 Å². The van der Waals surface area contributed by atoms with E-state index in [2.05, 4.69) is 16.3 Å². The smallest absolute Gasteiger partial charge is 0.303 e. The molecule has 1 fully saturated rings. The van der Waals surface area contributed by atoms with Crippen LogP contribution in [0.1, 0.15) is 20.8 Å². The summed E-state index contributed by atoms with van der Waals surface area (Å²) in [4.78, 5) is 33.4. The molecule has 0 spiro atoms. The molecule has 0 bridgehead atoms. The highest BCUT2D eigenvalue weighted by molar-refractivity contribution is 9.06. The highest BCUT2D eigenvalue weighted by Gasteiger charge is 2.47. The average Bonchev–Trinajstić information content (AvgIpc) is 2.31. The average molecular weight is 355 g/mol. The van der Waals surface area contributed by atoms with Gasteiger partial charge in [0.25, 0.3) is 0 Å². The number of ether oxygens (including phenoxy) is 4. The lowest BCUT2D eigenvalue weighted by atomic mass is 10.0. The number of halogens is 1. The number of carbonyl (C=O) groups is 3. The molecular weight excluding hydrogens is 340 g/mol. The van der Waals surface area contributed by atoms with E-state index < -0.39 is 42.5 Å². The van der Waals surface area contributed by atoms with Crippen LogP contribution in [-0.4, -0.2) is 49.1 Å². The van der Waals surface area contributed by atoms with Gasteiger partial charge in [-0.3, -0.25) is 18.2 Å². The molecule has 1 aliphatic heterocycles. The minimum Gasteiger partial charge on any atom is -0.456 e. The normalized spacial score (nSPS) is 29.4. The van der Waals surface area contributed by atoms with Gasteiger partial charge in [-0.25, -0.2) is 0 Å². The van der Waals surface area contributed by atoms with Crippen molar-refractivity contribution in [3.05, 3.63) is 0 Å². The third kappa shape index (κ3) is 4.73. The van der Waals surface area contributed by atoms with Crippen molar-refractivity contribution < 1.29 is 37.2 Å². The van der Waals surface area contributed by atoms with Gasteiger partial charge in [0.2, 0.25) is 6.29 Å². The molecule has 4 atom stereocenters. The summed E-state index contributed by atoms with van der Waals surface area (Å²) in [5.41, 5.74) is 0. The van der Waals surface area contributed by atoms with Crippen molar-refractivity contribution in [2.75, 3.05) is 6.61 Å². The van der Waals surface area contributed by atoms with Gasteiger partial charge >= 0.3 is 17.9 Å². The molecular formula is C11H15BrO8. The van der Waals surface area contributed by atoms with E-state index >= 15 is 0 Å². The zero-order valence-electron chi connectivity index (χ0n) is 11.2. The number of rotatable bonds is 4. The molecule has 0 N–H and O–H groups in total. The molecule has 0 aromatic heterocycles. The van der Waals surface area contributed by atoms with Gasteiger partial charge < -0.3 is 18.9 Å². The van der Waals surface area contributed by atoms with Crippen LogP contribution in [0, 0.1) is 0 Å². The van der Waals surface area contributed by atoms with E-state index in [1.165, 1.54) is 20.8 Å². The van der Waals surface area contributed by atoms with E-state index in [0.29, 0.717) is 0 Å². The Labute approximate surface area is 124 Å². The van der Waals surface area contributed by atoms with Gasteiger partial charge in [-0.1, -0.05) is 0 Å². The summed E-state index contributed by atoms with van der Waals surface area (Å²) < 4.78 is 25.2. The van der Waals surface area contributed by atoms with Gasteiger partial charge in [0, 0.05) is 20.8 Å². The van der Waals surface area contributed by atoms with Crippen molar-refractivity contribution in [3.8, 4) is 0 Å². The molecule has 9 heteroatoms. The third-order valence-corrected chi connectivity index (χ3v) is 2.76. The molecule has 1 saturated heterocycles. The maximum Gasteiger partial charge on any atom is 0.303 e. The SMILES string of the molecule is CC(=O)O[C@@H]1[C@@H](OC(C)=O)[C@H](OBr)OC[C@H]1OC(C)=O. The zero-order valence-corrected chi connectivity index (χ0v) is 12.7. The van der Waals surface area contributed by atoms with Crippen LogP contribution in [0.15, 0.2) is 0 Å². The van der Waals surface area contributed by atoms with Gasteiger partial charge in [0.05, 0.1) is 6.61 Å². The van der Waals surface area contributed by atoms with Crippen molar-refractivity contribution in [2.45, 2.75) is 45.4 Å². The standard InChI is InChI=1S/C11H15BrO8/c1-5(13)17-8-4-16-11(20-12)10(19-7(3)15)9(8)18-6(2)14/h8-11H,4H2,1-3H3/t8-,9+,10-,11+/m1/s1. The Bertz CT molecular complexity index is 385.